The van der Waals surface area contributed by atoms with Gasteiger partial charge < -0.3 is 10.2 Å². The summed E-state index contributed by atoms with van der Waals surface area (Å²) in [5.74, 6) is 0. The van der Waals surface area contributed by atoms with E-state index in [0.29, 0.717) is 18.6 Å². The van der Waals surface area contributed by atoms with Crippen LogP contribution in [-0.2, 0) is 12.6 Å². The fourth-order valence-corrected chi connectivity index (χ4v) is 4.73. The lowest BCUT2D eigenvalue weighted by Crippen LogP contribution is -2.52. The molecule has 0 saturated carbocycles. The van der Waals surface area contributed by atoms with Gasteiger partial charge in [0.25, 0.3) is 0 Å². The van der Waals surface area contributed by atoms with Crippen molar-refractivity contribution in [2.75, 3.05) is 18.4 Å². The van der Waals surface area contributed by atoms with Gasteiger partial charge in [0.05, 0.1) is 5.56 Å². The Balaban J connectivity index is 1.36. The number of carbonyl (C=O) groups excluding carboxylic acids is 1. The third-order valence-electron chi connectivity index (χ3n) is 6.33. The number of benzene rings is 2. The molecule has 2 aromatic carbocycles. The standard InChI is InChI=1S/C23H26F3N3O/c1-15-6-3-4-7-17(15)10-16(2)28-13-21-12-20(28)14-29(21)22(30)27-19-9-5-8-18(11-19)23(24,25)26/h3-9,11,16,20-21H,10,12-14H2,1-2H3,(H,27,30). The van der Waals surface area contributed by atoms with E-state index in [9.17, 15) is 18.0 Å². The van der Waals surface area contributed by atoms with Crippen LogP contribution in [-0.4, -0.2) is 47.0 Å². The lowest BCUT2D eigenvalue weighted by Gasteiger charge is -2.37. The van der Waals surface area contributed by atoms with E-state index in [0.717, 1.165) is 31.5 Å². The summed E-state index contributed by atoms with van der Waals surface area (Å²) in [4.78, 5) is 16.9. The molecule has 2 bridgehead atoms. The number of amides is 2. The van der Waals surface area contributed by atoms with Crippen molar-refractivity contribution in [2.24, 2.45) is 0 Å². The van der Waals surface area contributed by atoms with Crippen LogP contribution in [0.25, 0.3) is 0 Å². The van der Waals surface area contributed by atoms with Gasteiger partial charge in [-0.05, 0) is 56.0 Å². The molecule has 3 atom stereocenters. The van der Waals surface area contributed by atoms with Gasteiger partial charge in [-0.2, -0.15) is 13.2 Å². The van der Waals surface area contributed by atoms with Crippen molar-refractivity contribution in [2.45, 2.75) is 51.0 Å². The molecular formula is C23H26F3N3O. The Bertz CT molecular complexity index is 930. The monoisotopic (exact) mass is 417 g/mol. The minimum Gasteiger partial charge on any atom is -0.319 e. The van der Waals surface area contributed by atoms with Crippen LogP contribution in [0.5, 0.6) is 0 Å². The highest BCUT2D eigenvalue weighted by Gasteiger charge is 2.46. The van der Waals surface area contributed by atoms with Crippen molar-refractivity contribution in [3.63, 3.8) is 0 Å². The van der Waals surface area contributed by atoms with Gasteiger partial charge in [-0.1, -0.05) is 30.3 Å². The normalized spacial score (nSPS) is 22.4. The van der Waals surface area contributed by atoms with E-state index in [4.69, 9.17) is 0 Å². The third kappa shape index (κ3) is 4.17. The van der Waals surface area contributed by atoms with Gasteiger partial charge in [0.1, 0.15) is 0 Å². The Kier molecular flexibility index (Phi) is 5.49. The Labute approximate surface area is 174 Å². The fourth-order valence-electron chi connectivity index (χ4n) is 4.73. The molecule has 7 heteroatoms. The highest BCUT2D eigenvalue weighted by Crippen LogP contribution is 2.34. The van der Waals surface area contributed by atoms with Gasteiger partial charge in [0, 0.05) is 36.9 Å². The molecule has 30 heavy (non-hydrogen) atoms. The molecule has 3 unspecified atom stereocenters. The lowest BCUT2D eigenvalue weighted by atomic mass is 10.0. The molecule has 2 fully saturated rings. The summed E-state index contributed by atoms with van der Waals surface area (Å²) in [5, 5.41) is 2.64. The summed E-state index contributed by atoms with van der Waals surface area (Å²) in [6, 6.07) is 13.6. The minimum absolute atomic E-state index is 0.0973. The van der Waals surface area contributed by atoms with E-state index in [1.807, 2.05) is 6.07 Å². The number of aryl methyl sites for hydroxylation is 1. The second-order valence-corrected chi connectivity index (χ2v) is 8.38. The molecule has 2 aliphatic heterocycles. The van der Waals surface area contributed by atoms with Crippen LogP contribution < -0.4 is 5.32 Å². The zero-order valence-corrected chi connectivity index (χ0v) is 17.1. The molecule has 0 aliphatic carbocycles. The van der Waals surface area contributed by atoms with Gasteiger partial charge >= 0.3 is 12.2 Å². The summed E-state index contributed by atoms with van der Waals surface area (Å²) in [5.41, 5.74) is 2.03. The number of alkyl halides is 3. The molecule has 0 spiro atoms. The molecule has 4 rings (SSSR count). The first-order valence-corrected chi connectivity index (χ1v) is 10.3. The van der Waals surface area contributed by atoms with E-state index in [1.54, 1.807) is 4.90 Å². The lowest BCUT2D eigenvalue weighted by molar-refractivity contribution is -0.137. The number of nitrogens with one attached hydrogen (secondary N) is 1. The van der Waals surface area contributed by atoms with Crippen LogP contribution in [0.4, 0.5) is 23.7 Å². The van der Waals surface area contributed by atoms with E-state index >= 15 is 0 Å². The molecule has 0 aromatic heterocycles. The molecule has 4 nitrogen and oxygen atoms in total. The Hall–Kier alpha value is -2.54. The van der Waals surface area contributed by atoms with Crippen LogP contribution in [0.15, 0.2) is 48.5 Å². The Morgan fingerprint density at radius 3 is 2.57 bits per heavy atom. The predicted molar refractivity (Wildman–Crippen MR) is 110 cm³/mol. The molecule has 2 aromatic rings. The first kappa shape index (κ1) is 20.7. The number of carbonyl (C=O) groups is 1. The van der Waals surface area contributed by atoms with Gasteiger partial charge in [-0.15, -0.1) is 0 Å². The maximum atomic E-state index is 12.9. The zero-order chi connectivity index (χ0) is 21.5. The van der Waals surface area contributed by atoms with Crippen LogP contribution in [0.2, 0.25) is 0 Å². The Morgan fingerprint density at radius 1 is 1.13 bits per heavy atom. The average Bonchev–Trinajstić information content (AvgIpc) is 3.30. The first-order valence-electron chi connectivity index (χ1n) is 10.3. The minimum atomic E-state index is -4.43. The summed E-state index contributed by atoms with van der Waals surface area (Å²) in [6.07, 6.45) is -2.55. The Morgan fingerprint density at radius 2 is 1.90 bits per heavy atom. The first-order chi connectivity index (χ1) is 14.2. The van der Waals surface area contributed by atoms with E-state index in [-0.39, 0.29) is 17.8 Å². The number of hydrogen-bond acceptors (Lipinski definition) is 2. The van der Waals surface area contributed by atoms with Crippen molar-refractivity contribution in [3.8, 4) is 0 Å². The maximum Gasteiger partial charge on any atom is 0.416 e. The topological polar surface area (TPSA) is 35.6 Å². The van der Waals surface area contributed by atoms with E-state index < -0.39 is 11.7 Å². The van der Waals surface area contributed by atoms with E-state index in [2.05, 4.69) is 42.3 Å². The van der Waals surface area contributed by atoms with Crippen LogP contribution >= 0.6 is 0 Å². The largest absolute Gasteiger partial charge is 0.416 e. The van der Waals surface area contributed by atoms with Crippen molar-refractivity contribution in [3.05, 3.63) is 65.2 Å². The SMILES string of the molecule is Cc1ccccc1CC(C)N1CC2CC1CN2C(=O)Nc1cccc(C(F)(F)F)c1. The van der Waals surface area contributed by atoms with Crippen LogP contribution in [0.1, 0.15) is 30.0 Å². The number of anilines is 1. The molecule has 2 amide bonds. The number of piperazine rings is 1. The van der Waals surface area contributed by atoms with Crippen molar-refractivity contribution in [1.29, 1.82) is 0 Å². The number of hydrogen-bond donors (Lipinski definition) is 1. The zero-order valence-electron chi connectivity index (χ0n) is 17.1. The molecule has 0 radical (unpaired) electrons. The quantitative estimate of drug-likeness (QED) is 0.765. The number of urea groups is 1. The highest BCUT2D eigenvalue weighted by atomic mass is 19.4. The summed E-state index contributed by atoms with van der Waals surface area (Å²) in [7, 11) is 0. The highest BCUT2D eigenvalue weighted by molar-refractivity contribution is 5.90. The smallest absolute Gasteiger partial charge is 0.319 e. The molecule has 2 aliphatic rings. The number of fused-ring (bicyclic) bond motifs is 2. The summed E-state index contributed by atoms with van der Waals surface area (Å²) < 4.78 is 38.7. The average molecular weight is 417 g/mol. The number of nitrogens with zero attached hydrogens (tertiary/aromatic N) is 2. The molecule has 2 saturated heterocycles. The number of likely N-dealkylation sites (tertiary alicyclic amines) is 2. The van der Waals surface area contributed by atoms with Gasteiger partial charge in [0.15, 0.2) is 0 Å². The summed E-state index contributed by atoms with van der Waals surface area (Å²) in [6.45, 7) is 5.75. The van der Waals surface area contributed by atoms with E-state index in [1.165, 1.54) is 23.3 Å². The van der Waals surface area contributed by atoms with Gasteiger partial charge in [-0.25, -0.2) is 4.79 Å². The second kappa shape index (κ2) is 7.95. The van der Waals surface area contributed by atoms with Crippen molar-refractivity contribution in [1.82, 2.24) is 9.80 Å². The van der Waals surface area contributed by atoms with Gasteiger partial charge in [-0.3, -0.25) is 4.90 Å². The third-order valence-corrected chi connectivity index (χ3v) is 6.33. The summed E-state index contributed by atoms with van der Waals surface area (Å²) >= 11 is 0. The molecular weight excluding hydrogens is 391 g/mol. The maximum absolute atomic E-state index is 12.9. The second-order valence-electron chi connectivity index (χ2n) is 8.38. The molecule has 160 valence electrons. The molecule has 2 heterocycles. The van der Waals surface area contributed by atoms with Crippen molar-refractivity contribution < 1.29 is 18.0 Å². The molecule has 1 N–H and O–H groups in total. The van der Waals surface area contributed by atoms with Crippen LogP contribution in [0.3, 0.4) is 0 Å². The van der Waals surface area contributed by atoms with Crippen LogP contribution in [0, 0.1) is 6.92 Å². The van der Waals surface area contributed by atoms with Crippen molar-refractivity contribution >= 4 is 11.7 Å². The number of halogens is 3. The fraction of sp³-hybridized carbons (Fsp3) is 0.435. The van der Waals surface area contributed by atoms with Gasteiger partial charge in [0.2, 0.25) is 0 Å². The number of rotatable bonds is 4. The predicted octanol–water partition coefficient (Wildman–Crippen LogP) is 4.94.